The van der Waals surface area contributed by atoms with Gasteiger partial charge in [-0.2, -0.15) is 4.31 Å². The predicted octanol–water partition coefficient (Wildman–Crippen LogP) is 3.00. The maximum atomic E-state index is 12.7. The van der Waals surface area contributed by atoms with E-state index in [1.807, 2.05) is 0 Å². The van der Waals surface area contributed by atoms with Crippen LogP contribution in [0.4, 0.5) is 0 Å². The number of nitrogens with zero attached hydrogens (tertiary/aromatic N) is 1. The zero-order chi connectivity index (χ0) is 16.1. The number of nitrogens with one attached hydrogen (secondary N) is 1. The fourth-order valence-electron chi connectivity index (χ4n) is 2.84. The smallest absolute Gasteiger partial charge is 0.214 e. The number of hydrogen-bond acceptors (Lipinski definition) is 3. The second-order valence-electron chi connectivity index (χ2n) is 7.54. The first-order chi connectivity index (χ1) is 9.67. The standard InChI is InChI=1S/C16H34N2O2S/c1-6-11-17-14(2)15-9-7-8-12-18(15)21(19,20)13-10-16(3,4)5/h14-15,17H,6-13H2,1-5H3. The van der Waals surface area contributed by atoms with E-state index in [-0.39, 0.29) is 23.3 Å². The summed E-state index contributed by atoms with van der Waals surface area (Å²) in [5.41, 5.74) is 0.0600. The average Bonchev–Trinajstić information content (AvgIpc) is 2.42. The molecule has 4 nitrogen and oxygen atoms in total. The second-order valence-corrected chi connectivity index (χ2v) is 9.58. The first-order valence-corrected chi connectivity index (χ1v) is 10.0. The summed E-state index contributed by atoms with van der Waals surface area (Å²) < 4.78 is 27.2. The van der Waals surface area contributed by atoms with Gasteiger partial charge in [-0.15, -0.1) is 0 Å². The minimum absolute atomic E-state index is 0.0600. The Balaban J connectivity index is 2.75. The molecule has 0 spiro atoms. The van der Waals surface area contributed by atoms with Crippen LogP contribution in [0.25, 0.3) is 0 Å². The lowest BCUT2D eigenvalue weighted by Gasteiger charge is -2.39. The van der Waals surface area contributed by atoms with Gasteiger partial charge >= 0.3 is 0 Å². The number of hydrogen-bond donors (Lipinski definition) is 1. The molecule has 0 aromatic rings. The molecule has 0 aliphatic carbocycles. The van der Waals surface area contributed by atoms with E-state index in [9.17, 15) is 8.42 Å². The van der Waals surface area contributed by atoms with Crippen LogP contribution in [0.15, 0.2) is 0 Å². The van der Waals surface area contributed by atoms with Gasteiger partial charge in [0.1, 0.15) is 0 Å². The molecule has 0 amide bonds. The van der Waals surface area contributed by atoms with E-state index in [1.54, 1.807) is 4.31 Å². The summed E-state index contributed by atoms with van der Waals surface area (Å²) in [5.74, 6) is 0.271. The predicted molar refractivity (Wildman–Crippen MR) is 90.0 cm³/mol. The van der Waals surface area contributed by atoms with Gasteiger partial charge in [0.15, 0.2) is 0 Å². The summed E-state index contributed by atoms with van der Waals surface area (Å²) in [6, 6.07) is 0.352. The van der Waals surface area contributed by atoms with Crippen molar-refractivity contribution in [2.24, 2.45) is 5.41 Å². The van der Waals surface area contributed by atoms with Crippen molar-refractivity contribution < 1.29 is 8.42 Å². The lowest BCUT2D eigenvalue weighted by molar-refractivity contribution is 0.207. The van der Waals surface area contributed by atoms with E-state index in [2.05, 4.69) is 39.9 Å². The van der Waals surface area contributed by atoms with Gasteiger partial charge in [0.2, 0.25) is 10.0 Å². The topological polar surface area (TPSA) is 49.4 Å². The number of sulfonamides is 1. The van der Waals surface area contributed by atoms with Crippen LogP contribution in [0, 0.1) is 5.41 Å². The SMILES string of the molecule is CCCNC(C)C1CCCCN1S(=O)(=O)CCC(C)(C)C. The molecule has 0 aromatic carbocycles. The van der Waals surface area contributed by atoms with Crippen LogP contribution in [0.5, 0.6) is 0 Å². The van der Waals surface area contributed by atoms with Crippen LogP contribution in [0.3, 0.4) is 0 Å². The molecule has 1 fully saturated rings. The van der Waals surface area contributed by atoms with Gasteiger partial charge < -0.3 is 5.32 Å². The minimum atomic E-state index is -3.14. The van der Waals surface area contributed by atoms with Crippen LogP contribution in [0.2, 0.25) is 0 Å². The Morgan fingerprint density at radius 2 is 1.95 bits per heavy atom. The van der Waals surface area contributed by atoms with Crippen LogP contribution in [0.1, 0.15) is 66.7 Å². The lowest BCUT2D eigenvalue weighted by Crippen LogP contribution is -2.53. The first kappa shape index (κ1) is 18.9. The summed E-state index contributed by atoms with van der Waals surface area (Å²) >= 11 is 0. The fourth-order valence-corrected chi connectivity index (χ4v) is 5.05. The van der Waals surface area contributed by atoms with Crippen molar-refractivity contribution in [3.05, 3.63) is 0 Å². The van der Waals surface area contributed by atoms with Crippen LogP contribution in [-0.4, -0.2) is 43.6 Å². The lowest BCUT2D eigenvalue weighted by atomic mass is 9.94. The molecule has 5 heteroatoms. The molecule has 1 saturated heterocycles. The fraction of sp³-hybridized carbons (Fsp3) is 1.00. The van der Waals surface area contributed by atoms with E-state index in [0.29, 0.717) is 6.54 Å². The third-order valence-corrected chi connectivity index (χ3v) is 6.15. The Hall–Kier alpha value is -0.130. The third kappa shape index (κ3) is 6.25. The maximum absolute atomic E-state index is 12.7. The van der Waals surface area contributed by atoms with Crippen molar-refractivity contribution >= 4 is 10.0 Å². The van der Waals surface area contributed by atoms with E-state index < -0.39 is 10.0 Å². The molecular formula is C16H34N2O2S. The zero-order valence-corrected chi connectivity index (χ0v) is 15.3. The van der Waals surface area contributed by atoms with Crippen molar-refractivity contribution in [2.45, 2.75) is 78.8 Å². The molecule has 2 atom stereocenters. The molecule has 21 heavy (non-hydrogen) atoms. The maximum Gasteiger partial charge on any atom is 0.214 e. The quantitative estimate of drug-likeness (QED) is 0.785. The molecule has 1 aliphatic rings. The molecule has 0 radical (unpaired) electrons. The largest absolute Gasteiger partial charge is 0.313 e. The van der Waals surface area contributed by atoms with Gasteiger partial charge in [-0.05, 0) is 44.6 Å². The summed E-state index contributed by atoms with van der Waals surface area (Å²) in [4.78, 5) is 0. The molecular weight excluding hydrogens is 284 g/mol. The van der Waals surface area contributed by atoms with Crippen LogP contribution >= 0.6 is 0 Å². The van der Waals surface area contributed by atoms with Gasteiger partial charge in [0, 0.05) is 18.6 Å². The minimum Gasteiger partial charge on any atom is -0.313 e. The molecule has 0 aromatic heterocycles. The van der Waals surface area contributed by atoms with Gasteiger partial charge in [0.05, 0.1) is 5.75 Å². The van der Waals surface area contributed by atoms with Gasteiger partial charge in [-0.3, -0.25) is 0 Å². The van der Waals surface area contributed by atoms with Crippen LogP contribution in [-0.2, 0) is 10.0 Å². The van der Waals surface area contributed by atoms with Crippen molar-refractivity contribution in [3.8, 4) is 0 Å². The Bertz CT molecular complexity index is 401. The summed E-state index contributed by atoms with van der Waals surface area (Å²) in [5, 5.41) is 3.47. The summed E-state index contributed by atoms with van der Waals surface area (Å²) in [7, 11) is -3.14. The highest BCUT2D eigenvalue weighted by Crippen LogP contribution is 2.26. The van der Waals surface area contributed by atoms with Crippen molar-refractivity contribution in [2.75, 3.05) is 18.8 Å². The summed E-state index contributed by atoms with van der Waals surface area (Å²) in [6.45, 7) is 12.2. The summed E-state index contributed by atoms with van der Waals surface area (Å²) in [6.07, 6.45) is 4.90. The van der Waals surface area contributed by atoms with E-state index in [1.165, 1.54) is 0 Å². The van der Waals surface area contributed by atoms with Crippen molar-refractivity contribution in [1.82, 2.24) is 9.62 Å². The van der Waals surface area contributed by atoms with Crippen molar-refractivity contribution in [1.29, 1.82) is 0 Å². The monoisotopic (exact) mass is 318 g/mol. The second kappa shape index (κ2) is 7.93. The Morgan fingerprint density at radius 1 is 1.29 bits per heavy atom. The zero-order valence-electron chi connectivity index (χ0n) is 14.5. The molecule has 1 aliphatic heterocycles. The van der Waals surface area contributed by atoms with E-state index in [4.69, 9.17) is 0 Å². The Kier molecular flexibility index (Phi) is 7.14. The first-order valence-electron chi connectivity index (χ1n) is 8.40. The third-order valence-electron chi connectivity index (χ3n) is 4.26. The molecule has 0 bridgehead atoms. The average molecular weight is 319 g/mol. The number of piperidine rings is 1. The number of rotatable bonds is 7. The van der Waals surface area contributed by atoms with Gasteiger partial charge in [0.25, 0.3) is 0 Å². The normalized spacial score (nSPS) is 23.2. The van der Waals surface area contributed by atoms with E-state index in [0.717, 1.165) is 38.6 Å². The Labute approximate surface area is 131 Å². The highest BCUT2D eigenvalue weighted by Gasteiger charge is 2.35. The highest BCUT2D eigenvalue weighted by molar-refractivity contribution is 7.89. The van der Waals surface area contributed by atoms with Crippen molar-refractivity contribution in [3.63, 3.8) is 0 Å². The molecule has 1 heterocycles. The molecule has 126 valence electrons. The molecule has 1 N–H and O–H groups in total. The van der Waals surface area contributed by atoms with E-state index >= 15 is 0 Å². The van der Waals surface area contributed by atoms with Gasteiger partial charge in [-0.25, -0.2) is 8.42 Å². The highest BCUT2D eigenvalue weighted by atomic mass is 32.2. The molecule has 2 unspecified atom stereocenters. The Morgan fingerprint density at radius 3 is 2.52 bits per heavy atom. The molecule has 1 rings (SSSR count). The van der Waals surface area contributed by atoms with Crippen LogP contribution < -0.4 is 5.32 Å². The van der Waals surface area contributed by atoms with Gasteiger partial charge in [-0.1, -0.05) is 34.1 Å². The molecule has 0 saturated carbocycles.